The van der Waals surface area contributed by atoms with Crippen molar-refractivity contribution in [1.82, 2.24) is 10.6 Å². The Balaban J connectivity index is 0.00000441. The van der Waals surface area contributed by atoms with Crippen LogP contribution in [0.3, 0.4) is 0 Å². The molecule has 0 unspecified atom stereocenters. The molecule has 6 heteroatoms. The minimum absolute atomic E-state index is 0. The van der Waals surface area contributed by atoms with E-state index in [0.29, 0.717) is 19.2 Å². The lowest BCUT2D eigenvalue weighted by atomic mass is 10.2. The van der Waals surface area contributed by atoms with Crippen LogP contribution in [0.25, 0.3) is 0 Å². The molecule has 1 rings (SSSR count). The van der Waals surface area contributed by atoms with Crippen LogP contribution in [-0.2, 0) is 6.54 Å². The van der Waals surface area contributed by atoms with Gasteiger partial charge in [0, 0.05) is 12.6 Å². The summed E-state index contributed by atoms with van der Waals surface area (Å²) in [7, 11) is 1.64. The van der Waals surface area contributed by atoms with Crippen molar-refractivity contribution in [2.45, 2.75) is 40.3 Å². The Bertz CT molecular complexity index is 465. The lowest BCUT2D eigenvalue weighted by Crippen LogP contribution is -2.40. The van der Waals surface area contributed by atoms with Gasteiger partial charge in [0.2, 0.25) is 0 Å². The zero-order chi connectivity index (χ0) is 15.7. The zero-order valence-corrected chi connectivity index (χ0v) is 16.4. The van der Waals surface area contributed by atoms with Crippen molar-refractivity contribution in [3.05, 3.63) is 23.8 Å². The first-order valence-corrected chi connectivity index (χ1v) is 7.45. The number of hydrogen-bond acceptors (Lipinski definition) is 3. The molecule has 0 aliphatic heterocycles. The summed E-state index contributed by atoms with van der Waals surface area (Å²) < 4.78 is 10.9. The Hall–Kier alpha value is -1.18. The van der Waals surface area contributed by atoms with Crippen LogP contribution in [0.1, 0.15) is 33.3 Å². The van der Waals surface area contributed by atoms with E-state index in [2.05, 4.69) is 36.4 Å². The summed E-state index contributed by atoms with van der Waals surface area (Å²) in [6.45, 7) is 10.2. The molecule has 0 spiro atoms. The molecule has 0 heterocycles. The fraction of sp³-hybridized carbons (Fsp3) is 0.562. The fourth-order valence-electron chi connectivity index (χ4n) is 1.85. The lowest BCUT2D eigenvalue weighted by Gasteiger charge is -2.14. The molecule has 0 saturated carbocycles. The van der Waals surface area contributed by atoms with Crippen LogP contribution in [0.2, 0.25) is 0 Å². The van der Waals surface area contributed by atoms with E-state index in [1.54, 1.807) is 7.11 Å². The van der Waals surface area contributed by atoms with Crippen molar-refractivity contribution >= 4 is 29.9 Å². The third-order valence-corrected chi connectivity index (χ3v) is 2.72. The summed E-state index contributed by atoms with van der Waals surface area (Å²) in [6.07, 6.45) is 0. The van der Waals surface area contributed by atoms with Crippen molar-refractivity contribution in [3.63, 3.8) is 0 Å². The Morgan fingerprint density at radius 1 is 1.23 bits per heavy atom. The predicted octanol–water partition coefficient (Wildman–Crippen LogP) is 3.18. The first-order valence-electron chi connectivity index (χ1n) is 7.45. The SMILES string of the molecule is CCNC(=NCc1ccc(OC)c(OCC)c1)NC(C)C.I. The first kappa shape index (κ1) is 20.8. The minimum atomic E-state index is 0. The molecule has 0 aliphatic carbocycles. The minimum Gasteiger partial charge on any atom is -0.493 e. The number of halogens is 1. The quantitative estimate of drug-likeness (QED) is 0.404. The van der Waals surface area contributed by atoms with Gasteiger partial charge in [-0.25, -0.2) is 4.99 Å². The second-order valence-electron chi connectivity index (χ2n) is 4.91. The molecule has 5 nitrogen and oxygen atoms in total. The third kappa shape index (κ3) is 7.20. The summed E-state index contributed by atoms with van der Waals surface area (Å²) in [5, 5.41) is 6.53. The van der Waals surface area contributed by atoms with Gasteiger partial charge < -0.3 is 20.1 Å². The van der Waals surface area contributed by atoms with Crippen LogP contribution in [-0.4, -0.2) is 32.3 Å². The summed E-state index contributed by atoms with van der Waals surface area (Å²) in [4.78, 5) is 4.58. The van der Waals surface area contributed by atoms with E-state index < -0.39 is 0 Å². The van der Waals surface area contributed by atoms with E-state index >= 15 is 0 Å². The van der Waals surface area contributed by atoms with E-state index in [1.807, 2.05) is 25.1 Å². The van der Waals surface area contributed by atoms with Gasteiger partial charge in [-0.15, -0.1) is 24.0 Å². The maximum absolute atomic E-state index is 5.58. The summed E-state index contributed by atoms with van der Waals surface area (Å²) >= 11 is 0. The molecule has 0 amide bonds. The van der Waals surface area contributed by atoms with Crippen LogP contribution in [0.4, 0.5) is 0 Å². The second-order valence-corrected chi connectivity index (χ2v) is 4.91. The first-order chi connectivity index (χ1) is 10.1. The molecule has 0 bridgehead atoms. The van der Waals surface area contributed by atoms with Crippen molar-refractivity contribution in [3.8, 4) is 11.5 Å². The number of nitrogens with one attached hydrogen (secondary N) is 2. The largest absolute Gasteiger partial charge is 0.493 e. The van der Waals surface area contributed by atoms with Gasteiger partial charge in [0.25, 0.3) is 0 Å². The summed E-state index contributed by atoms with van der Waals surface area (Å²) in [5.74, 6) is 2.33. The topological polar surface area (TPSA) is 54.9 Å². The Kier molecular flexibility index (Phi) is 10.8. The van der Waals surface area contributed by atoms with Gasteiger partial charge in [-0.2, -0.15) is 0 Å². The van der Waals surface area contributed by atoms with Crippen LogP contribution in [0.15, 0.2) is 23.2 Å². The molecule has 22 heavy (non-hydrogen) atoms. The molecule has 0 radical (unpaired) electrons. The highest BCUT2D eigenvalue weighted by molar-refractivity contribution is 14.0. The maximum Gasteiger partial charge on any atom is 0.191 e. The Morgan fingerprint density at radius 3 is 2.50 bits per heavy atom. The monoisotopic (exact) mass is 421 g/mol. The number of benzene rings is 1. The van der Waals surface area contributed by atoms with Gasteiger partial charge in [-0.3, -0.25) is 0 Å². The fourth-order valence-corrected chi connectivity index (χ4v) is 1.85. The lowest BCUT2D eigenvalue weighted by molar-refractivity contribution is 0.310. The van der Waals surface area contributed by atoms with Gasteiger partial charge in [0.05, 0.1) is 20.3 Å². The number of ether oxygens (including phenoxy) is 2. The molecule has 1 aromatic rings. The van der Waals surface area contributed by atoms with Crippen molar-refractivity contribution in [1.29, 1.82) is 0 Å². The van der Waals surface area contributed by atoms with E-state index in [9.17, 15) is 0 Å². The highest BCUT2D eigenvalue weighted by Crippen LogP contribution is 2.28. The molecule has 0 aromatic heterocycles. The van der Waals surface area contributed by atoms with E-state index in [-0.39, 0.29) is 24.0 Å². The predicted molar refractivity (Wildman–Crippen MR) is 103 cm³/mol. The molecule has 0 fully saturated rings. The smallest absolute Gasteiger partial charge is 0.191 e. The highest BCUT2D eigenvalue weighted by Gasteiger charge is 2.06. The number of rotatable bonds is 7. The summed E-state index contributed by atoms with van der Waals surface area (Å²) in [6, 6.07) is 6.24. The van der Waals surface area contributed by atoms with Crippen LogP contribution in [0, 0.1) is 0 Å². The molecule has 126 valence electrons. The van der Waals surface area contributed by atoms with E-state index in [4.69, 9.17) is 9.47 Å². The van der Waals surface area contributed by atoms with Gasteiger partial charge >= 0.3 is 0 Å². The Morgan fingerprint density at radius 2 is 1.95 bits per heavy atom. The Labute approximate surface area is 150 Å². The number of hydrogen-bond donors (Lipinski definition) is 2. The average molecular weight is 421 g/mol. The molecular weight excluding hydrogens is 393 g/mol. The number of guanidine groups is 1. The summed E-state index contributed by atoms with van der Waals surface area (Å²) in [5.41, 5.74) is 1.08. The van der Waals surface area contributed by atoms with Crippen molar-refractivity contribution in [2.75, 3.05) is 20.3 Å². The van der Waals surface area contributed by atoms with E-state index in [1.165, 1.54) is 0 Å². The molecule has 2 N–H and O–H groups in total. The standard InChI is InChI=1S/C16H27N3O2.HI/c1-6-17-16(19-12(3)4)18-11-13-8-9-14(20-5)15(10-13)21-7-2;/h8-10,12H,6-7,11H2,1-5H3,(H2,17,18,19);1H. The van der Waals surface area contributed by atoms with Crippen LogP contribution < -0.4 is 20.1 Å². The van der Waals surface area contributed by atoms with Gasteiger partial charge in [-0.05, 0) is 45.4 Å². The van der Waals surface area contributed by atoms with Crippen molar-refractivity contribution in [2.24, 2.45) is 4.99 Å². The number of nitrogens with zero attached hydrogens (tertiary/aromatic N) is 1. The average Bonchev–Trinajstić information content (AvgIpc) is 2.45. The maximum atomic E-state index is 5.58. The second kappa shape index (κ2) is 11.4. The van der Waals surface area contributed by atoms with Gasteiger partial charge in [0.1, 0.15) is 0 Å². The molecule has 0 aliphatic rings. The normalized spacial score (nSPS) is 10.9. The van der Waals surface area contributed by atoms with E-state index in [0.717, 1.165) is 29.6 Å². The number of methoxy groups -OCH3 is 1. The molecule has 0 atom stereocenters. The van der Waals surface area contributed by atoms with Crippen LogP contribution in [0.5, 0.6) is 11.5 Å². The van der Waals surface area contributed by atoms with Gasteiger partial charge in [-0.1, -0.05) is 6.07 Å². The number of aliphatic imine (C=N–C) groups is 1. The molecule has 1 aromatic carbocycles. The molecular formula is C16H28IN3O2. The van der Waals surface area contributed by atoms with Gasteiger partial charge in [0.15, 0.2) is 17.5 Å². The van der Waals surface area contributed by atoms with Crippen molar-refractivity contribution < 1.29 is 9.47 Å². The van der Waals surface area contributed by atoms with Crippen LogP contribution >= 0.6 is 24.0 Å². The highest BCUT2D eigenvalue weighted by atomic mass is 127. The third-order valence-electron chi connectivity index (χ3n) is 2.72. The molecule has 0 saturated heterocycles. The zero-order valence-electron chi connectivity index (χ0n) is 14.1.